The lowest BCUT2D eigenvalue weighted by molar-refractivity contribution is -0.129. The first kappa shape index (κ1) is 10.9. The van der Waals surface area contributed by atoms with Gasteiger partial charge in [0.1, 0.15) is 0 Å². The molecule has 0 spiro atoms. The smallest absolute Gasteiger partial charge is 0.223 e. The summed E-state index contributed by atoms with van der Waals surface area (Å²) in [6, 6.07) is 0.700. The van der Waals surface area contributed by atoms with E-state index in [0.717, 1.165) is 32.7 Å². The molecule has 2 saturated heterocycles. The molecule has 2 aliphatic heterocycles. The largest absolute Gasteiger partial charge is 0.344 e. The fourth-order valence-corrected chi connectivity index (χ4v) is 2.48. The number of carbonyl (C=O) groups excluding carboxylic acids is 1. The molecule has 0 bridgehead atoms. The molecule has 2 rings (SSSR count). The van der Waals surface area contributed by atoms with Crippen LogP contribution in [0.25, 0.3) is 0 Å². The summed E-state index contributed by atoms with van der Waals surface area (Å²) in [6.07, 6.45) is 3.16. The average Bonchev–Trinajstić information content (AvgIpc) is 2.44. The van der Waals surface area contributed by atoms with Crippen LogP contribution in [0.4, 0.5) is 0 Å². The molecule has 1 N–H and O–H groups in total. The van der Waals surface area contributed by atoms with Gasteiger partial charge < -0.3 is 10.2 Å². The minimum absolute atomic E-state index is 0.298. The second-order valence-corrected chi connectivity index (χ2v) is 4.58. The topological polar surface area (TPSA) is 35.6 Å². The van der Waals surface area contributed by atoms with Gasteiger partial charge >= 0.3 is 0 Å². The number of likely N-dealkylation sites (N-methyl/N-ethyl adjacent to an activating group) is 1. The molecule has 0 atom stereocenters. The number of carbonyl (C=O) groups is 1. The van der Waals surface area contributed by atoms with Crippen molar-refractivity contribution >= 4 is 5.91 Å². The average molecular weight is 211 g/mol. The van der Waals surface area contributed by atoms with E-state index in [-0.39, 0.29) is 0 Å². The lowest BCUT2D eigenvalue weighted by Crippen LogP contribution is -2.44. The zero-order valence-corrected chi connectivity index (χ0v) is 9.54. The van der Waals surface area contributed by atoms with Crippen molar-refractivity contribution in [3.8, 4) is 0 Å². The molecule has 15 heavy (non-hydrogen) atoms. The molecule has 1 amide bonds. The minimum Gasteiger partial charge on any atom is -0.344 e. The van der Waals surface area contributed by atoms with Gasteiger partial charge in [0.05, 0.1) is 0 Å². The highest BCUT2D eigenvalue weighted by atomic mass is 16.2. The van der Waals surface area contributed by atoms with Crippen LogP contribution >= 0.6 is 0 Å². The Bertz CT molecular complexity index is 226. The number of amides is 1. The van der Waals surface area contributed by atoms with Gasteiger partial charge in [-0.15, -0.1) is 0 Å². The maximum Gasteiger partial charge on any atom is 0.223 e. The van der Waals surface area contributed by atoms with Crippen LogP contribution in [0, 0.1) is 0 Å². The van der Waals surface area contributed by atoms with E-state index in [0.29, 0.717) is 18.4 Å². The summed E-state index contributed by atoms with van der Waals surface area (Å²) in [7, 11) is 1.91. The summed E-state index contributed by atoms with van der Waals surface area (Å²) in [5.74, 6) is 0.298. The molecule has 0 aromatic carbocycles. The molecule has 0 radical (unpaired) electrons. The van der Waals surface area contributed by atoms with E-state index in [4.69, 9.17) is 0 Å². The summed E-state index contributed by atoms with van der Waals surface area (Å²) in [6.45, 7) is 5.15. The summed E-state index contributed by atoms with van der Waals surface area (Å²) in [5, 5.41) is 3.38. The fourth-order valence-electron chi connectivity index (χ4n) is 2.48. The lowest BCUT2D eigenvalue weighted by Gasteiger charge is -2.33. The standard InChI is InChI=1S/C11H21N3O/c1-13-8-9-14(7-4-11(13)15)10-2-5-12-6-3-10/h10,12H,2-9H2,1H3. The van der Waals surface area contributed by atoms with Crippen molar-refractivity contribution < 1.29 is 4.79 Å². The molecular formula is C11H21N3O. The lowest BCUT2D eigenvalue weighted by atomic mass is 10.0. The van der Waals surface area contributed by atoms with Crippen molar-refractivity contribution in [1.29, 1.82) is 0 Å². The highest BCUT2D eigenvalue weighted by Gasteiger charge is 2.24. The van der Waals surface area contributed by atoms with Crippen molar-refractivity contribution in [2.45, 2.75) is 25.3 Å². The van der Waals surface area contributed by atoms with Crippen LogP contribution in [0.2, 0.25) is 0 Å². The summed E-state index contributed by atoms with van der Waals surface area (Å²) in [4.78, 5) is 15.9. The van der Waals surface area contributed by atoms with Crippen LogP contribution in [0.5, 0.6) is 0 Å². The molecule has 4 nitrogen and oxygen atoms in total. The molecule has 2 fully saturated rings. The van der Waals surface area contributed by atoms with E-state index in [1.165, 1.54) is 12.8 Å². The zero-order chi connectivity index (χ0) is 10.7. The van der Waals surface area contributed by atoms with Gasteiger partial charge in [0.25, 0.3) is 0 Å². The number of nitrogens with zero attached hydrogens (tertiary/aromatic N) is 2. The van der Waals surface area contributed by atoms with Crippen LogP contribution in [0.15, 0.2) is 0 Å². The van der Waals surface area contributed by atoms with Crippen molar-refractivity contribution in [3.05, 3.63) is 0 Å². The Balaban J connectivity index is 1.89. The van der Waals surface area contributed by atoms with Gasteiger partial charge in [0, 0.05) is 39.1 Å². The maximum atomic E-state index is 11.5. The third-order valence-electron chi connectivity index (χ3n) is 3.59. The summed E-state index contributed by atoms with van der Waals surface area (Å²) >= 11 is 0. The predicted octanol–water partition coefficient (Wildman–Crippen LogP) is -0.0975. The Morgan fingerprint density at radius 1 is 1.20 bits per heavy atom. The van der Waals surface area contributed by atoms with Gasteiger partial charge in [-0.25, -0.2) is 0 Å². The molecule has 0 unspecified atom stereocenters. The van der Waals surface area contributed by atoms with Crippen LogP contribution in [0.3, 0.4) is 0 Å². The van der Waals surface area contributed by atoms with Gasteiger partial charge in [0.15, 0.2) is 0 Å². The second kappa shape index (κ2) is 4.94. The van der Waals surface area contributed by atoms with Crippen LogP contribution in [0.1, 0.15) is 19.3 Å². The van der Waals surface area contributed by atoms with Crippen molar-refractivity contribution in [3.63, 3.8) is 0 Å². The minimum atomic E-state index is 0.298. The van der Waals surface area contributed by atoms with Crippen molar-refractivity contribution in [2.24, 2.45) is 0 Å². The SMILES string of the molecule is CN1CCN(C2CCNCC2)CCC1=O. The quantitative estimate of drug-likeness (QED) is 0.658. The van der Waals surface area contributed by atoms with E-state index in [1.54, 1.807) is 0 Å². The summed E-state index contributed by atoms with van der Waals surface area (Å²) < 4.78 is 0. The van der Waals surface area contributed by atoms with Gasteiger partial charge in [-0.3, -0.25) is 9.69 Å². The van der Waals surface area contributed by atoms with Gasteiger partial charge in [-0.05, 0) is 25.9 Å². The Kier molecular flexibility index (Phi) is 3.59. The first-order valence-corrected chi connectivity index (χ1v) is 5.96. The van der Waals surface area contributed by atoms with Gasteiger partial charge in [0.2, 0.25) is 5.91 Å². The number of piperidine rings is 1. The number of nitrogens with one attached hydrogen (secondary N) is 1. The second-order valence-electron chi connectivity index (χ2n) is 4.58. The highest BCUT2D eigenvalue weighted by molar-refractivity contribution is 5.76. The first-order chi connectivity index (χ1) is 7.27. The van der Waals surface area contributed by atoms with E-state index >= 15 is 0 Å². The maximum absolute atomic E-state index is 11.5. The van der Waals surface area contributed by atoms with Gasteiger partial charge in [-0.1, -0.05) is 0 Å². The van der Waals surface area contributed by atoms with Crippen molar-refractivity contribution in [1.82, 2.24) is 15.1 Å². The van der Waals surface area contributed by atoms with Crippen LogP contribution < -0.4 is 5.32 Å². The Hall–Kier alpha value is -0.610. The Labute approximate surface area is 91.6 Å². The molecule has 0 aromatic heterocycles. The molecule has 0 aliphatic carbocycles. The van der Waals surface area contributed by atoms with Crippen molar-refractivity contribution in [2.75, 3.05) is 39.8 Å². The van der Waals surface area contributed by atoms with E-state index in [1.807, 2.05) is 11.9 Å². The van der Waals surface area contributed by atoms with Crippen LogP contribution in [-0.2, 0) is 4.79 Å². The molecule has 2 heterocycles. The Morgan fingerprint density at radius 3 is 2.67 bits per heavy atom. The molecular weight excluding hydrogens is 190 g/mol. The van der Waals surface area contributed by atoms with E-state index in [2.05, 4.69) is 10.2 Å². The Morgan fingerprint density at radius 2 is 1.93 bits per heavy atom. The number of rotatable bonds is 1. The molecule has 86 valence electrons. The number of hydrogen-bond acceptors (Lipinski definition) is 3. The van der Waals surface area contributed by atoms with Gasteiger partial charge in [-0.2, -0.15) is 0 Å². The van der Waals surface area contributed by atoms with E-state index in [9.17, 15) is 4.79 Å². The van der Waals surface area contributed by atoms with Crippen LogP contribution in [-0.4, -0.2) is 61.5 Å². The first-order valence-electron chi connectivity index (χ1n) is 5.96. The zero-order valence-electron chi connectivity index (χ0n) is 9.54. The third-order valence-corrected chi connectivity index (χ3v) is 3.59. The number of hydrogen-bond donors (Lipinski definition) is 1. The molecule has 0 aromatic rings. The monoisotopic (exact) mass is 211 g/mol. The third kappa shape index (κ3) is 2.69. The predicted molar refractivity (Wildman–Crippen MR) is 59.7 cm³/mol. The molecule has 4 heteroatoms. The molecule has 0 saturated carbocycles. The summed E-state index contributed by atoms with van der Waals surface area (Å²) in [5.41, 5.74) is 0. The normalized spacial score (nSPS) is 26.7. The fraction of sp³-hybridized carbons (Fsp3) is 0.909. The molecule has 2 aliphatic rings. The van der Waals surface area contributed by atoms with E-state index < -0.39 is 0 Å². The highest BCUT2D eigenvalue weighted by Crippen LogP contribution is 2.14.